The molecule has 9 nitrogen and oxygen atoms in total. The standard InChI is InChI=1S/C22H26ClN3O6S/c1-25(2)18(14-5-8-19(31-3)20(11-14)32-4)13-24-22(28)16-7-6-15(12-17(16)23)26-21(27)9-10-33(26,29)30/h5-8,11-12,18H,9-10,13H2,1-4H3,(H,24,28). The average molecular weight is 496 g/mol. The number of hydrogen-bond donors (Lipinski definition) is 1. The zero-order valence-electron chi connectivity index (χ0n) is 18.8. The first-order valence-electron chi connectivity index (χ1n) is 10.1. The molecule has 33 heavy (non-hydrogen) atoms. The van der Waals surface area contributed by atoms with Crippen LogP contribution in [0.1, 0.15) is 28.4 Å². The molecular formula is C22H26ClN3O6S. The van der Waals surface area contributed by atoms with Gasteiger partial charge in [0.15, 0.2) is 11.5 Å². The number of anilines is 1. The van der Waals surface area contributed by atoms with Crippen LogP contribution >= 0.6 is 11.6 Å². The van der Waals surface area contributed by atoms with Crippen molar-refractivity contribution in [3.05, 3.63) is 52.5 Å². The maximum Gasteiger partial charge on any atom is 0.252 e. The summed E-state index contributed by atoms with van der Waals surface area (Å²) in [5.41, 5.74) is 1.21. The molecule has 0 aliphatic carbocycles. The van der Waals surface area contributed by atoms with E-state index in [1.54, 1.807) is 20.3 Å². The summed E-state index contributed by atoms with van der Waals surface area (Å²) in [7, 11) is 3.19. The Bertz CT molecular complexity index is 1170. The second kappa shape index (κ2) is 9.98. The van der Waals surface area contributed by atoms with Crippen LogP contribution in [0.5, 0.6) is 11.5 Å². The lowest BCUT2D eigenvalue weighted by Gasteiger charge is -2.26. The van der Waals surface area contributed by atoms with Crippen molar-refractivity contribution in [1.29, 1.82) is 0 Å². The van der Waals surface area contributed by atoms with Crippen molar-refractivity contribution in [3.8, 4) is 11.5 Å². The van der Waals surface area contributed by atoms with Crippen LogP contribution in [-0.2, 0) is 14.8 Å². The SMILES string of the molecule is COc1ccc(C(CNC(=O)c2ccc(N3C(=O)CCS3(=O)=O)cc2Cl)N(C)C)cc1OC. The van der Waals surface area contributed by atoms with Crippen molar-refractivity contribution in [3.63, 3.8) is 0 Å². The van der Waals surface area contributed by atoms with Crippen LogP contribution in [-0.4, -0.2) is 65.7 Å². The highest BCUT2D eigenvalue weighted by atomic mass is 35.5. The van der Waals surface area contributed by atoms with E-state index in [4.69, 9.17) is 21.1 Å². The Morgan fingerprint density at radius 2 is 1.85 bits per heavy atom. The largest absolute Gasteiger partial charge is 0.493 e. The number of amides is 2. The molecule has 2 aromatic rings. The lowest BCUT2D eigenvalue weighted by Crippen LogP contribution is -2.34. The van der Waals surface area contributed by atoms with Crippen molar-refractivity contribution < 1.29 is 27.5 Å². The Morgan fingerprint density at radius 1 is 1.15 bits per heavy atom. The number of carbonyl (C=O) groups is 2. The quantitative estimate of drug-likeness (QED) is 0.599. The molecule has 3 rings (SSSR count). The minimum Gasteiger partial charge on any atom is -0.493 e. The van der Waals surface area contributed by atoms with Crippen LogP contribution < -0.4 is 19.1 Å². The van der Waals surface area contributed by atoms with Gasteiger partial charge in [0.25, 0.3) is 5.91 Å². The monoisotopic (exact) mass is 495 g/mol. The zero-order chi connectivity index (χ0) is 24.3. The van der Waals surface area contributed by atoms with E-state index >= 15 is 0 Å². The number of hydrogen-bond acceptors (Lipinski definition) is 7. The molecule has 1 saturated heterocycles. The number of methoxy groups -OCH3 is 2. The number of ether oxygens (including phenoxy) is 2. The lowest BCUT2D eigenvalue weighted by molar-refractivity contribution is -0.116. The Hall–Kier alpha value is -2.82. The summed E-state index contributed by atoms with van der Waals surface area (Å²) in [4.78, 5) is 26.8. The van der Waals surface area contributed by atoms with E-state index in [0.29, 0.717) is 11.5 Å². The fraction of sp³-hybridized carbons (Fsp3) is 0.364. The molecule has 1 heterocycles. The first-order chi connectivity index (χ1) is 15.6. The summed E-state index contributed by atoms with van der Waals surface area (Å²) in [6.07, 6.45) is -0.0791. The molecule has 0 bridgehead atoms. The Labute approximate surface area is 198 Å². The van der Waals surface area contributed by atoms with E-state index in [-0.39, 0.29) is 41.0 Å². The molecule has 1 atom stereocenters. The van der Waals surface area contributed by atoms with Crippen molar-refractivity contribution in [2.75, 3.05) is 44.9 Å². The minimum atomic E-state index is -3.71. The lowest BCUT2D eigenvalue weighted by atomic mass is 10.0. The van der Waals surface area contributed by atoms with Gasteiger partial charge in [-0.2, -0.15) is 0 Å². The fourth-order valence-corrected chi connectivity index (χ4v) is 5.34. The van der Waals surface area contributed by atoms with Gasteiger partial charge >= 0.3 is 0 Å². The molecule has 0 spiro atoms. The fourth-order valence-electron chi connectivity index (χ4n) is 3.63. The van der Waals surface area contributed by atoms with Gasteiger partial charge in [-0.3, -0.25) is 9.59 Å². The first-order valence-corrected chi connectivity index (χ1v) is 12.1. The summed E-state index contributed by atoms with van der Waals surface area (Å²) < 4.78 is 35.6. The van der Waals surface area contributed by atoms with E-state index < -0.39 is 21.8 Å². The summed E-state index contributed by atoms with van der Waals surface area (Å²) in [6.45, 7) is 0.276. The van der Waals surface area contributed by atoms with Crippen LogP contribution in [0.3, 0.4) is 0 Å². The number of rotatable bonds is 8. The third-order valence-corrected chi connectivity index (χ3v) is 7.39. The second-order valence-corrected chi connectivity index (χ2v) is 10.0. The molecule has 1 N–H and O–H groups in total. The molecule has 0 radical (unpaired) electrons. The number of benzene rings is 2. The molecule has 1 unspecified atom stereocenters. The van der Waals surface area contributed by atoms with E-state index in [1.807, 2.05) is 31.1 Å². The second-order valence-electron chi connectivity index (χ2n) is 7.69. The van der Waals surface area contributed by atoms with Crippen molar-refractivity contribution in [2.24, 2.45) is 0 Å². The van der Waals surface area contributed by atoms with Gasteiger partial charge in [-0.15, -0.1) is 0 Å². The number of nitrogens with zero attached hydrogens (tertiary/aromatic N) is 2. The van der Waals surface area contributed by atoms with Crippen LogP contribution in [0.25, 0.3) is 0 Å². The summed E-state index contributed by atoms with van der Waals surface area (Å²) in [6, 6.07) is 9.51. The molecule has 1 fully saturated rings. The van der Waals surface area contributed by atoms with Gasteiger partial charge in [0.1, 0.15) is 0 Å². The summed E-state index contributed by atoms with van der Waals surface area (Å²) in [5, 5.41) is 2.91. The number of likely N-dealkylation sites (N-methyl/N-ethyl adjacent to an activating group) is 1. The third kappa shape index (κ3) is 5.23. The smallest absolute Gasteiger partial charge is 0.252 e. The maximum atomic E-state index is 12.8. The predicted octanol–water partition coefficient (Wildman–Crippen LogP) is 2.46. The highest BCUT2D eigenvalue weighted by molar-refractivity contribution is 7.94. The van der Waals surface area contributed by atoms with Gasteiger partial charge in [0, 0.05) is 13.0 Å². The molecule has 0 aromatic heterocycles. The van der Waals surface area contributed by atoms with Crippen LogP contribution in [0, 0.1) is 0 Å². The number of sulfonamides is 1. The normalized spacial score (nSPS) is 16.1. The van der Waals surface area contributed by atoms with Gasteiger partial charge in [0.05, 0.1) is 42.3 Å². The van der Waals surface area contributed by atoms with E-state index in [2.05, 4.69) is 5.32 Å². The van der Waals surface area contributed by atoms with E-state index in [9.17, 15) is 18.0 Å². The predicted molar refractivity (Wildman–Crippen MR) is 126 cm³/mol. The van der Waals surface area contributed by atoms with Gasteiger partial charge in [-0.05, 0) is 50.0 Å². The highest BCUT2D eigenvalue weighted by Crippen LogP contribution is 2.32. The van der Waals surface area contributed by atoms with Gasteiger partial charge in [0.2, 0.25) is 15.9 Å². The van der Waals surface area contributed by atoms with Crippen molar-refractivity contribution in [1.82, 2.24) is 10.2 Å². The van der Waals surface area contributed by atoms with Crippen LogP contribution in [0.15, 0.2) is 36.4 Å². The Morgan fingerprint density at radius 3 is 2.39 bits per heavy atom. The average Bonchev–Trinajstić information content (AvgIpc) is 3.05. The summed E-state index contributed by atoms with van der Waals surface area (Å²) >= 11 is 6.28. The minimum absolute atomic E-state index is 0.0485. The third-order valence-electron chi connectivity index (χ3n) is 5.38. The molecular weight excluding hydrogens is 470 g/mol. The Balaban J connectivity index is 1.77. The first kappa shape index (κ1) is 24.8. The van der Waals surface area contributed by atoms with E-state index in [1.165, 1.54) is 18.2 Å². The highest BCUT2D eigenvalue weighted by Gasteiger charge is 2.36. The number of carbonyl (C=O) groups excluding carboxylic acids is 2. The van der Waals surface area contributed by atoms with Crippen LogP contribution in [0.4, 0.5) is 5.69 Å². The molecule has 1 aliphatic rings. The number of halogens is 1. The molecule has 178 valence electrons. The van der Waals surface area contributed by atoms with E-state index in [0.717, 1.165) is 9.87 Å². The molecule has 0 saturated carbocycles. The van der Waals surface area contributed by atoms with Crippen molar-refractivity contribution in [2.45, 2.75) is 12.5 Å². The molecule has 1 aliphatic heterocycles. The molecule has 11 heteroatoms. The van der Waals surface area contributed by atoms with Crippen LogP contribution in [0.2, 0.25) is 5.02 Å². The van der Waals surface area contributed by atoms with Gasteiger partial charge in [-0.1, -0.05) is 17.7 Å². The van der Waals surface area contributed by atoms with Crippen molar-refractivity contribution >= 4 is 39.1 Å². The Kier molecular flexibility index (Phi) is 7.51. The van der Waals surface area contributed by atoms with Gasteiger partial charge in [-0.25, -0.2) is 12.7 Å². The molecule has 2 aromatic carbocycles. The maximum absolute atomic E-state index is 12.8. The number of nitrogens with one attached hydrogen (secondary N) is 1. The van der Waals surface area contributed by atoms with Gasteiger partial charge < -0.3 is 19.7 Å². The molecule has 2 amide bonds. The zero-order valence-corrected chi connectivity index (χ0v) is 20.4. The topological polar surface area (TPSA) is 105 Å². The summed E-state index contributed by atoms with van der Waals surface area (Å²) in [5.74, 6) is 0.00110.